The van der Waals surface area contributed by atoms with Crippen molar-refractivity contribution < 1.29 is 19.1 Å². The summed E-state index contributed by atoms with van der Waals surface area (Å²) in [5, 5.41) is 12.4. The van der Waals surface area contributed by atoms with Crippen LogP contribution in [0.3, 0.4) is 0 Å². The molecule has 4 rings (SSSR count). The molecule has 1 aromatic rings. The maximum atomic E-state index is 13.1. The molecule has 0 radical (unpaired) electrons. The van der Waals surface area contributed by atoms with Crippen molar-refractivity contribution in [2.75, 3.05) is 37.6 Å². The second-order valence-electron chi connectivity index (χ2n) is 7.36. The van der Waals surface area contributed by atoms with E-state index >= 15 is 0 Å². The van der Waals surface area contributed by atoms with E-state index in [4.69, 9.17) is 0 Å². The number of piperidine rings is 1. The van der Waals surface area contributed by atoms with Crippen LogP contribution in [0.4, 0.5) is 10.1 Å². The molecule has 3 heterocycles. The predicted octanol–water partition coefficient (Wildman–Crippen LogP) is 0.927. The first-order chi connectivity index (χ1) is 12.0. The van der Waals surface area contributed by atoms with E-state index in [0.717, 1.165) is 31.6 Å². The number of anilines is 1. The van der Waals surface area contributed by atoms with Crippen LogP contribution >= 0.6 is 0 Å². The molecular formula is C18H22FN3O3. The lowest BCUT2D eigenvalue weighted by atomic mass is 9.81. The SMILES string of the molecule is O=C1NC[C@@]2(C(=O)O)CN(C3CCN(c4ccc(F)cc4)CC3)C[C@@H]12. The molecule has 1 amide bonds. The molecule has 3 fully saturated rings. The molecule has 25 heavy (non-hydrogen) atoms. The van der Waals surface area contributed by atoms with Crippen LogP contribution in [0.1, 0.15) is 12.8 Å². The molecule has 134 valence electrons. The topological polar surface area (TPSA) is 72.9 Å². The average Bonchev–Trinajstić information content (AvgIpc) is 3.15. The van der Waals surface area contributed by atoms with Crippen molar-refractivity contribution >= 4 is 17.6 Å². The molecule has 0 aliphatic carbocycles. The van der Waals surface area contributed by atoms with E-state index in [1.807, 2.05) is 0 Å². The Labute approximate surface area is 145 Å². The number of hydrogen-bond acceptors (Lipinski definition) is 4. The summed E-state index contributed by atoms with van der Waals surface area (Å²) >= 11 is 0. The first-order valence-electron chi connectivity index (χ1n) is 8.75. The summed E-state index contributed by atoms with van der Waals surface area (Å²) in [5.41, 5.74) is 0.0464. The number of aliphatic carboxylic acids is 1. The number of halogens is 1. The first kappa shape index (κ1) is 16.3. The first-order valence-corrected chi connectivity index (χ1v) is 8.75. The number of amides is 1. The predicted molar refractivity (Wildman–Crippen MR) is 89.8 cm³/mol. The molecule has 6 nitrogen and oxygen atoms in total. The maximum Gasteiger partial charge on any atom is 0.313 e. The van der Waals surface area contributed by atoms with E-state index < -0.39 is 17.3 Å². The third-order valence-electron chi connectivity index (χ3n) is 6.06. The van der Waals surface area contributed by atoms with Gasteiger partial charge in [0, 0.05) is 44.5 Å². The van der Waals surface area contributed by atoms with Crippen molar-refractivity contribution in [1.29, 1.82) is 0 Å². The molecule has 0 bridgehead atoms. The molecule has 1 aromatic carbocycles. The minimum Gasteiger partial charge on any atom is -0.481 e. The van der Waals surface area contributed by atoms with Gasteiger partial charge in [-0.15, -0.1) is 0 Å². The third kappa shape index (κ3) is 2.66. The van der Waals surface area contributed by atoms with Crippen molar-refractivity contribution in [3.63, 3.8) is 0 Å². The monoisotopic (exact) mass is 347 g/mol. The van der Waals surface area contributed by atoms with Gasteiger partial charge in [0.05, 0.1) is 5.92 Å². The molecule has 0 unspecified atom stereocenters. The van der Waals surface area contributed by atoms with Gasteiger partial charge in [-0.3, -0.25) is 14.5 Å². The number of carboxylic acids is 1. The van der Waals surface area contributed by atoms with E-state index in [9.17, 15) is 19.1 Å². The minimum atomic E-state index is -0.967. The van der Waals surface area contributed by atoms with Gasteiger partial charge >= 0.3 is 5.97 Å². The zero-order chi connectivity index (χ0) is 17.6. The van der Waals surface area contributed by atoms with Gasteiger partial charge in [0.2, 0.25) is 5.91 Å². The highest BCUT2D eigenvalue weighted by molar-refractivity contribution is 5.92. The fourth-order valence-corrected chi connectivity index (χ4v) is 4.54. The highest BCUT2D eigenvalue weighted by Crippen LogP contribution is 2.42. The van der Waals surface area contributed by atoms with Crippen molar-refractivity contribution in [3.05, 3.63) is 30.1 Å². The summed E-state index contributed by atoms with van der Waals surface area (Å²) in [5.74, 6) is -1.68. The van der Waals surface area contributed by atoms with Crippen LogP contribution in [0.25, 0.3) is 0 Å². The van der Waals surface area contributed by atoms with E-state index in [-0.39, 0.29) is 18.3 Å². The Bertz CT molecular complexity index is 687. The molecule has 0 aromatic heterocycles. The highest BCUT2D eigenvalue weighted by atomic mass is 19.1. The van der Waals surface area contributed by atoms with Gasteiger partial charge in [-0.25, -0.2) is 4.39 Å². The van der Waals surface area contributed by atoms with Crippen LogP contribution in [0.15, 0.2) is 24.3 Å². The van der Waals surface area contributed by atoms with Gasteiger partial charge in [0.1, 0.15) is 11.2 Å². The lowest BCUT2D eigenvalue weighted by Gasteiger charge is -2.38. The largest absolute Gasteiger partial charge is 0.481 e. The summed E-state index contributed by atoms with van der Waals surface area (Å²) in [6.45, 7) is 2.90. The lowest BCUT2D eigenvalue weighted by molar-refractivity contribution is -0.149. The summed E-state index contributed by atoms with van der Waals surface area (Å²) in [6.07, 6.45) is 1.84. The second kappa shape index (κ2) is 5.98. The number of nitrogens with one attached hydrogen (secondary N) is 1. The van der Waals surface area contributed by atoms with Crippen LogP contribution in [0.5, 0.6) is 0 Å². The quantitative estimate of drug-likeness (QED) is 0.851. The lowest BCUT2D eigenvalue weighted by Crippen LogP contribution is -2.47. The Morgan fingerprint density at radius 2 is 1.92 bits per heavy atom. The third-order valence-corrected chi connectivity index (χ3v) is 6.06. The van der Waals surface area contributed by atoms with Gasteiger partial charge in [-0.1, -0.05) is 0 Å². The number of benzene rings is 1. The van der Waals surface area contributed by atoms with Gasteiger partial charge in [-0.05, 0) is 37.1 Å². The molecular weight excluding hydrogens is 325 g/mol. The Balaban J connectivity index is 1.41. The van der Waals surface area contributed by atoms with Crippen LogP contribution in [-0.2, 0) is 9.59 Å². The number of carbonyl (C=O) groups excluding carboxylic acids is 1. The highest BCUT2D eigenvalue weighted by Gasteiger charge is 2.60. The van der Waals surface area contributed by atoms with Gasteiger partial charge in [0.15, 0.2) is 0 Å². The molecule has 0 spiro atoms. The molecule has 3 aliphatic heterocycles. The standard InChI is InChI=1S/C18H22FN3O3/c19-12-1-3-13(4-2-12)21-7-5-14(6-8-21)22-9-15-16(23)20-10-18(15,11-22)17(24)25/h1-4,14-15H,5-11H2,(H,20,23)(H,24,25)/t15-,18+/m0/s1. The Kier molecular flexibility index (Phi) is 3.91. The fourth-order valence-electron chi connectivity index (χ4n) is 4.54. The molecule has 2 N–H and O–H groups in total. The van der Waals surface area contributed by atoms with Crippen LogP contribution in [-0.4, -0.2) is 60.6 Å². The second-order valence-corrected chi connectivity index (χ2v) is 7.36. The van der Waals surface area contributed by atoms with E-state index in [1.165, 1.54) is 12.1 Å². The Morgan fingerprint density at radius 1 is 1.24 bits per heavy atom. The van der Waals surface area contributed by atoms with E-state index in [2.05, 4.69) is 15.1 Å². The normalized spacial score (nSPS) is 30.4. The van der Waals surface area contributed by atoms with Gasteiger partial charge < -0.3 is 15.3 Å². The summed E-state index contributed by atoms with van der Waals surface area (Å²) in [7, 11) is 0. The number of carbonyl (C=O) groups is 2. The smallest absolute Gasteiger partial charge is 0.313 e. The molecule has 3 saturated heterocycles. The van der Waals surface area contributed by atoms with E-state index in [1.54, 1.807) is 12.1 Å². The number of nitrogens with zero attached hydrogens (tertiary/aromatic N) is 2. The summed E-state index contributed by atoms with van der Waals surface area (Å²) in [4.78, 5) is 28.2. The fraction of sp³-hybridized carbons (Fsp3) is 0.556. The summed E-state index contributed by atoms with van der Waals surface area (Å²) < 4.78 is 13.1. The average molecular weight is 347 g/mol. The summed E-state index contributed by atoms with van der Waals surface area (Å²) in [6, 6.07) is 6.82. The Hall–Kier alpha value is -2.15. The molecule has 3 aliphatic rings. The number of likely N-dealkylation sites (tertiary alicyclic amines) is 1. The number of fused-ring (bicyclic) bond motifs is 1. The zero-order valence-electron chi connectivity index (χ0n) is 13.9. The molecule has 2 atom stereocenters. The molecule has 7 heteroatoms. The minimum absolute atomic E-state index is 0.131. The van der Waals surface area contributed by atoms with Crippen LogP contribution < -0.4 is 10.2 Å². The van der Waals surface area contributed by atoms with Gasteiger partial charge in [-0.2, -0.15) is 0 Å². The number of hydrogen-bond donors (Lipinski definition) is 2. The maximum absolute atomic E-state index is 13.1. The van der Waals surface area contributed by atoms with Crippen molar-refractivity contribution in [3.8, 4) is 0 Å². The zero-order valence-corrected chi connectivity index (χ0v) is 13.9. The number of carboxylic acid groups (broad SMARTS) is 1. The Morgan fingerprint density at radius 3 is 2.52 bits per heavy atom. The molecule has 0 saturated carbocycles. The van der Waals surface area contributed by atoms with Crippen molar-refractivity contribution in [1.82, 2.24) is 10.2 Å². The number of rotatable bonds is 3. The van der Waals surface area contributed by atoms with Crippen molar-refractivity contribution in [2.24, 2.45) is 11.3 Å². The van der Waals surface area contributed by atoms with Crippen molar-refractivity contribution in [2.45, 2.75) is 18.9 Å². The van der Waals surface area contributed by atoms with Gasteiger partial charge in [0.25, 0.3) is 0 Å². The van der Waals surface area contributed by atoms with Crippen LogP contribution in [0, 0.1) is 17.2 Å². The van der Waals surface area contributed by atoms with E-state index in [0.29, 0.717) is 19.1 Å². The van der Waals surface area contributed by atoms with Crippen LogP contribution in [0.2, 0.25) is 0 Å².